The van der Waals surface area contributed by atoms with Crippen molar-refractivity contribution in [1.29, 1.82) is 0 Å². The molecule has 2 aromatic heterocycles. The van der Waals surface area contributed by atoms with Gasteiger partial charge in [-0.25, -0.2) is 0 Å². The molecule has 0 amide bonds. The lowest BCUT2D eigenvalue weighted by Gasteiger charge is -2.31. The molecule has 24 heavy (non-hydrogen) atoms. The summed E-state index contributed by atoms with van der Waals surface area (Å²) in [7, 11) is 0. The van der Waals surface area contributed by atoms with Gasteiger partial charge in [-0.05, 0) is 44.9 Å². The van der Waals surface area contributed by atoms with Crippen LogP contribution >= 0.6 is 27.3 Å². The van der Waals surface area contributed by atoms with Crippen molar-refractivity contribution < 1.29 is 0 Å². The molecular formula is C19H21BrN2OS. The third-order valence-electron chi connectivity index (χ3n) is 4.10. The molecule has 1 atom stereocenters. The van der Waals surface area contributed by atoms with Gasteiger partial charge in [-0.3, -0.25) is 10.1 Å². The van der Waals surface area contributed by atoms with Crippen molar-refractivity contribution in [1.82, 2.24) is 9.88 Å². The molecule has 2 heterocycles. The Bertz CT molecular complexity index is 894. The van der Waals surface area contributed by atoms with Crippen LogP contribution in [0.15, 0.2) is 57.2 Å². The molecule has 0 aliphatic carbocycles. The van der Waals surface area contributed by atoms with Gasteiger partial charge in [0.25, 0.3) is 0 Å². The lowest BCUT2D eigenvalue weighted by atomic mass is 9.86. The van der Waals surface area contributed by atoms with Gasteiger partial charge in [-0.2, -0.15) is 0 Å². The van der Waals surface area contributed by atoms with Crippen LogP contribution < -0.4 is 10.7 Å². The average molecular weight is 405 g/mol. The summed E-state index contributed by atoms with van der Waals surface area (Å²) in [6.07, 6.45) is 1.86. The van der Waals surface area contributed by atoms with Crippen LogP contribution in [0.25, 0.3) is 10.9 Å². The molecule has 3 aromatic rings. The summed E-state index contributed by atoms with van der Waals surface area (Å²) in [6.45, 7) is 7.36. The van der Waals surface area contributed by atoms with Crippen LogP contribution in [-0.4, -0.2) is 4.57 Å². The maximum atomic E-state index is 12.1. The standard InChI is InChI=1S/C19H21BrN2OS/c1-19(2,3)18(16-8-5-11-24-16)21-12-22-10-9-15(23)13-6-4-7-14(20)17(13)22/h4-11,18,21H,12H2,1-3H3. The van der Waals surface area contributed by atoms with Gasteiger partial charge in [0, 0.05) is 33.0 Å². The predicted molar refractivity (Wildman–Crippen MR) is 106 cm³/mol. The number of hydrogen-bond donors (Lipinski definition) is 1. The Kier molecular flexibility index (Phi) is 4.95. The van der Waals surface area contributed by atoms with Crippen LogP contribution in [0.1, 0.15) is 31.7 Å². The van der Waals surface area contributed by atoms with E-state index in [0.29, 0.717) is 6.67 Å². The number of aromatic nitrogens is 1. The van der Waals surface area contributed by atoms with Crippen LogP contribution in [-0.2, 0) is 6.67 Å². The number of pyridine rings is 1. The first-order valence-corrected chi connectivity index (χ1v) is 9.59. The monoisotopic (exact) mass is 404 g/mol. The van der Waals surface area contributed by atoms with Crippen molar-refractivity contribution >= 4 is 38.2 Å². The molecule has 0 fully saturated rings. The van der Waals surface area contributed by atoms with Gasteiger partial charge in [0.05, 0.1) is 12.2 Å². The molecule has 0 saturated heterocycles. The highest BCUT2D eigenvalue weighted by Crippen LogP contribution is 2.35. The first-order chi connectivity index (χ1) is 11.4. The van der Waals surface area contributed by atoms with E-state index in [1.54, 1.807) is 17.4 Å². The topological polar surface area (TPSA) is 34.0 Å². The fourth-order valence-corrected chi connectivity index (χ4v) is 4.58. The molecular weight excluding hydrogens is 384 g/mol. The second kappa shape index (κ2) is 6.82. The van der Waals surface area contributed by atoms with Crippen molar-refractivity contribution in [2.45, 2.75) is 33.5 Å². The van der Waals surface area contributed by atoms with Crippen molar-refractivity contribution in [2.75, 3.05) is 0 Å². The van der Waals surface area contributed by atoms with E-state index in [2.05, 4.69) is 64.1 Å². The first kappa shape index (κ1) is 17.4. The molecule has 1 unspecified atom stereocenters. The van der Waals surface area contributed by atoms with Gasteiger partial charge < -0.3 is 4.57 Å². The lowest BCUT2D eigenvalue weighted by Crippen LogP contribution is -2.33. The molecule has 0 radical (unpaired) electrons. The van der Waals surface area contributed by atoms with Crippen LogP contribution in [0.4, 0.5) is 0 Å². The summed E-state index contributed by atoms with van der Waals surface area (Å²) < 4.78 is 3.02. The van der Waals surface area contributed by atoms with Crippen molar-refractivity contribution in [3.8, 4) is 0 Å². The minimum absolute atomic E-state index is 0.0492. The zero-order valence-corrected chi connectivity index (χ0v) is 16.4. The molecule has 0 aliphatic heterocycles. The molecule has 3 rings (SSSR count). The second-order valence-electron chi connectivity index (χ2n) is 6.96. The lowest BCUT2D eigenvalue weighted by molar-refractivity contribution is 0.261. The van der Waals surface area contributed by atoms with E-state index in [1.165, 1.54) is 4.88 Å². The van der Waals surface area contributed by atoms with E-state index in [4.69, 9.17) is 0 Å². The number of rotatable bonds is 4. The van der Waals surface area contributed by atoms with Gasteiger partial charge >= 0.3 is 0 Å². The van der Waals surface area contributed by atoms with Gasteiger partial charge in [0.1, 0.15) is 0 Å². The highest BCUT2D eigenvalue weighted by Gasteiger charge is 2.26. The Morgan fingerprint density at radius 3 is 2.67 bits per heavy atom. The Hall–Kier alpha value is -1.43. The molecule has 1 N–H and O–H groups in total. The van der Waals surface area contributed by atoms with E-state index >= 15 is 0 Å². The van der Waals surface area contributed by atoms with Crippen LogP contribution in [0.3, 0.4) is 0 Å². The Morgan fingerprint density at radius 1 is 1.21 bits per heavy atom. The van der Waals surface area contributed by atoms with Gasteiger partial charge in [-0.15, -0.1) is 11.3 Å². The third kappa shape index (κ3) is 3.48. The Balaban J connectivity index is 1.96. The van der Waals surface area contributed by atoms with Crippen LogP contribution in [0.2, 0.25) is 0 Å². The molecule has 0 bridgehead atoms. The normalized spacial score (nSPS) is 13.3. The summed E-state index contributed by atoms with van der Waals surface area (Å²) in [6, 6.07) is 11.9. The van der Waals surface area contributed by atoms with E-state index in [9.17, 15) is 4.79 Å². The molecule has 0 spiro atoms. The molecule has 126 valence electrons. The van der Waals surface area contributed by atoms with Gasteiger partial charge in [0.2, 0.25) is 0 Å². The van der Waals surface area contributed by atoms with E-state index in [1.807, 2.05) is 24.4 Å². The van der Waals surface area contributed by atoms with Crippen molar-refractivity contribution in [3.05, 3.63) is 67.5 Å². The highest BCUT2D eigenvalue weighted by atomic mass is 79.9. The largest absolute Gasteiger partial charge is 0.333 e. The fraction of sp³-hybridized carbons (Fsp3) is 0.316. The predicted octanol–water partition coefficient (Wildman–Crippen LogP) is 5.16. The zero-order chi connectivity index (χ0) is 17.3. The summed E-state index contributed by atoms with van der Waals surface area (Å²) in [5, 5.41) is 6.51. The number of nitrogens with one attached hydrogen (secondary N) is 1. The number of fused-ring (bicyclic) bond motifs is 1. The zero-order valence-electron chi connectivity index (χ0n) is 14.0. The van der Waals surface area contributed by atoms with Crippen molar-refractivity contribution in [2.24, 2.45) is 5.41 Å². The van der Waals surface area contributed by atoms with Crippen molar-refractivity contribution in [3.63, 3.8) is 0 Å². The number of halogens is 1. The first-order valence-electron chi connectivity index (χ1n) is 7.92. The molecule has 0 saturated carbocycles. The Labute approximate surface area is 154 Å². The van der Waals surface area contributed by atoms with E-state index in [-0.39, 0.29) is 16.9 Å². The summed E-state index contributed by atoms with van der Waals surface area (Å²) in [5.74, 6) is 0. The van der Waals surface area contributed by atoms with Crippen LogP contribution in [0.5, 0.6) is 0 Å². The molecule has 3 nitrogen and oxygen atoms in total. The fourth-order valence-electron chi connectivity index (χ4n) is 2.94. The summed E-state index contributed by atoms with van der Waals surface area (Å²) in [4.78, 5) is 13.4. The minimum atomic E-state index is 0.0492. The summed E-state index contributed by atoms with van der Waals surface area (Å²) >= 11 is 5.35. The smallest absolute Gasteiger partial charge is 0.189 e. The number of nitrogens with zero attached hydrogens (tertiary/aromatic N) is 1. The van der Waals surface area contributed by atoms with Gasteiger partial charge in [0.15, 0.2) is 5.43 Å². The maximum Gasteiger partial charge on any atom is 0.189 e. The highest BCUT2D eigenvalue weighted by molar-refractivity contribution is 9.10. The second-order valence-corrected chi connectivity index (χ2v) is 8.80. The molecule has 0 aliphatic rings. The minimum Gasteiger partial charge on any atom is -0.333 e. The van der Waals surface area contributed by atoms with Gasteiger partial charge in [-0.1, -0.05) is 32.9 Å². The number of thiophene rings is 1. The molecule has 1 aromatic carbocycles. The number of benzene rings is 1. The number of para-hydroxylation sites is 1. The third-order valence-corrected chi connectivity index (χ3v) is 5.68. The SMILES string of the molecule is CC(C)(C)C(NCn1ccc(=O)c2cccc(Br)c21)c1cccs1. The van der Waals surface area contributed by atoms with Crippen LogP contribution in [0, 0.1) is 5.41 Å². The number of hydrogen-bond acceptors (Lipinski definition) is 3. The Morgan fingerprint density at radius 2 is 2.00 bits per heavy atom. The average Bonchev–Trinajstić information content (AvgIpc) is 3.03. The van der Waals surface area contributed by atoms with E-state index < -0.39 is 0 Å². The maximum absolute atomic E-state index is 12.1. The molecule has 5 heteroatoms. The van der Waals surface area contributed by atoms with E-state index in [0.717, 1.165) is 15.4 Å². The quantitative estimate of drug-likeness (QED) is 0.651. The summed E-state index contributed by atoms with van der Waals surface area (Å²) in [5.41, 5.74) is 1.07.